The van der Waals surface area contributed by atoms with Gasteiger partial charge in [0.2, 0.25) is 0 Å². The molecule has 0 saturated carbocycles. The molecule has 0 aromatic carbocycles. The topological polar surface area (TPSA) is 38.3 Å². The standard InChI is InChI=1S/C9H19NO2S/c1-4-13-7-5-6-10-8(2)9(11)12-3/h8,10H,4-7H2,1-3H3. The van der Waals surface area contributed by atoms with E-state index in [9.17, 15) is 4.79 Å². The Morgan fingerprint density at radius 2 is 2.31 bits per heavy atom. The minimum Gasteiger partial charge on any atom is -0.468 e. The Hall–Kier alpha value is -0.220. The number of carbonyl (C=O) groups excluding carboxylic acids is 1. The van der Waals surface area contributed by atoms with Crippen LogP contribution in [0.3, 0.4) is 0 Å². The number of methoxy groups -OCH3 is 1. The molecule has 0 heterocycles. The van der Waals surface area contributed by atoms with E-state index in [0.29, 0.717) is 0 Å². The first-order valence-corrected chi connectivity index (χ1v) is 5.76. The highest BCUT2D eigenvalue weighted by molar-refractivity contribution is 7.99. The Balaban J connectivity index is 3.26. The van der Waals surface area contributed by atoms with Crippen molar-refractivity contribution in [2.45, 2.75) is 26.3 Å². The van der Waals surface area contributed by atoms with Crippen LogP contribution >= 0.6 is 11.8 Å². The fraction of sp³-hybridized carbons (Fsp3) is 0.889. The summed E-state index contributed by atoms with van der Waals surface area (Å²) in [5.74, 6) is 2.12. The third-order valence-electron chi connectivity index (χ3n) is 1.67. The molecule has 13 heavy (non-hydrogen) atoms. The van der Waals surface area contributed by atoms with Crippen LogP contribution in [0.1, 0.15) is 20.3 Å². The number of rotatable bonds is 7. The summed E-state index contributed by atoms with van der Waals surface area (Å²) in [5, 5.41) is 3.10. The summed E-state index contributed by atoms with van der Waals surface area (Å²) >= 11 is 1.92. The number of hydrogen-bond acceptors (Lipinski definition) is 4. The minimum absolute atomic E-state index is 0.184. The molecule has 0 rings (SSSR count). The minimum atomic E-state index is -0.192. The summed E-state index contributed by atoms with van der Waals surface area (Å²) < 4.78 is 4.58. The van der Waals surface area contributed by atoms with E-state index >= 15 is 0 Å². The van der Waals surface area contributed by atoms with Gasteiger partial charge in [0.05, 0.1) is 7.11 Å². The summed E-state index contributed by atoms with van der Waals surface area (Å²) in [6, 6.07) is -0.184. The van der Waals surface area contributed by atoms with Gasteiger partial charge in [-0.15, -0.1) is 0 Å². The lowest BCUT2D eigenvalue weighted by Gasteiger charge is -2.10. The molecule has 0 radical (unpaired) electrons. The Morgan fingerprint density at radius 1 is 1.62 bits per heavy atom. The molecule has 0 amide bonds. The SMILES string of the molecule is CCSCCCNC(C)C(=O)OC. The molecule has 1 unspecified atom stereocenters. The van der Waals surface area contributed by atoms with Crippen LogP contribution in [0, 0.1) is 0 Å². The third-order valence-corrected chi connectivity index (χ3v) is 2.66. The highest BCUT2D eigenvalue weighted by atomic mass is 32.2. The maximum Gasteiger partial charge on any atom is 0.322 e. The molecule has 0 aromatic heterocycles. The van der Waals surface area contributed by atoms with Crippen molar-refractivity contribution >= 4 is 17.7 Å². The van der Waals surface area contributed by atoms with Gasteiger partial charge >= 0.3 is 5.97 Å². The van der Waals surface area contributed by atoms with Crippen molar-refractivity contribution in [2.24, 2.45) is 0 Å². The van der Waals surface area contributed by atoms with E-state index in [1.807, 2.05) is 18.7 Å². The molecule has 0 spiro atoms. The molecule has 4 heteroatoms. The van der Waals surface area contributed by atoms with Crippen LogP contribution in [0.2, 0.25) is 0 Å². The summed E-state index contributed by atoms with van der Waals surface area (Å²) in [4.78, 5) is 10.9. The predicted octanol–water partition coefficient (Wildman–Crippen LogP) is 1.28. The van der Waals surface area contributed by atoms with Crippen LogP contribution in [-0.4, -0.2) is 37.2 Å². The van der Waals surface area contributed by atoms with Crippen LogP contribution in [0.15, 0.2) is 0 Å². The lowest BCUT2D eigenvalue weighted by atomic mass is 10.3. The molecule has 3 nitrogen and oxygen atoms in total. The van der Waals surface area contributed by atoms with E-state index in [4.69, 9.17) is 0 Å². The zero-order valence-electron chi connectivity index (χ0n) is 8.63. The first kappa shape index (κ1) is 12.8. The van der Waals surface area contributed by atoms with Crippen LogP contribution < -0.4 is 5.32 Å². The van der Waals surface area contributed by atoms with E-state index in [1.54, 1.807) is 0 Å². The first-order chi connectivity index (χ1) is 6.22. The zero-order chi connectivity index (χ0) is 10.1. The van der Waals surface area contributed by atoms with Crippen LogP contribution in [0.4, 0.5) is 0 Å². The van der Waals surface area contributed by atoms with Gasteiger partial charge in [0.15, 0.2) is 0 Å². The quantitative estimate of drug-likeness (QED) is 0.502. The Labute approximate surface area is 84.6 Å². The van der Waals surface area contributed by atoms with Gasteiger partial charge in [0.1, 0.15) is 6.04 Å². The van der Waals surface area contributed by atoms with Crippen LogP contribution in [-0.2, 0) is 9.53 Å². The number of ether oxygens (including phenoxy) is 1. The molecule has 0 aliphatic carbocycles. The number of nitrogens with one attached hydrogen (secondary N) is 1. The van der Waals surface area contributed by atoms with E-state index in [-0.39, 0.29) is 12.0 Å². The van der Waals surface area contributed by atoms with Gasteiger partial charge in [-0.2, -0.15) is 11.8 Å². The van der Waals surface area contributed by atoms with Gasteiger partial charge in [0.25, 0.3) is 0 Å². The van der Waals surface area contributed by atoms with Gasteiger partial charge in [-0.25, -0.2) is 0 Å². The van der Waals surface area contributed by atoms with E-state index < -0.39 is 0 Å². The summed E-state index contributed by atoms with van der Waals surface area (Å²) in [6.07, 6.45) is 1.10. The van der Waals surface area contributed by atoms with Crippen LogP contribution in [0.5, 0.6) is 0 Å². The fourth-order valence-electron chi connectivity index (χ4n) is 0.897. The lowest BCUT2D eigenvalue weighted by molar-refractivity contribution is -0.142. The molecule has 0 fully saturated rings. The van der Waals surface area contributed by atoms with Crippen LogP contribution in [0.25, 0.3) is 0 Å². The maximum absolute atomic E-state index is 10.9. The number of hydrogen-bond donors (Lipinski definition) is 1. The highest BCUT2D eigenvalue weighted by Crippen LogP contribution is 1.99. The van der Waals surface area contributed by atoms with Gasteiger partial charge in [-0.1, -0.05) is 6.92 Å². The van der Waals surface area contributed by atoms with Crippen molar-refractivity contribution in [1.82, 2.24) is 5.32 Å². The molecular formula is C9H19NO2S. The second-order valence-corrected chi connectivity index (χ2v) is 4.14. The molecule has 78 valence electrons. The zero-order valence-corrected chi connectivity index (χ0v) is 9.45. The highest BCUT2D eigenvalue weighted by Gasteiger charge is 2.10. The van der Waals surface area contributed by atoms with Crippen molar-refractivity contribution in [2.75, 3.05) is 25.2 Å². The van der Waals surface area contributed by atoms with Gasteiger partial charge < -0.3 is 10.1 Å². The Morgan fingerprint density at radius 3 is 2.85 bits per heavy atom. The van der Waals surface area contributed by atoms with E-state index in [1.165, 1.54) is 7.11 Å². The number of esters is 1. The smallest absolute Gasteiger partial charge is 0.322 e. The van der Waals surface area contributed by atoms with Crippen molar-refractivity contribution in [3.8, 4) is 0 Å². The molecular weight excluding hydrogens is 186 g/mol. The molecule has 0 saturated heterocycles. The molecule has 0 aromatic rings. The monoisotopic (exact) mass is 205 g/mol. The molecule has 1 N–H and O–H groups in total. The van der Waals surface area contributed by atoms with Gasteiger partial charge in [0, 0.05) is 0 Å². The summed E-state index contributed by atoms with van der Waals surface area (Å²) in [5.41, 5.74) is 0. The second kappa shape index (κ2) is 8.38. The number of carbonyl (C=O) groups is 1. The van der Waals surface area contributed by atoms with E-state index in [2.05, 4.69) is 17.0 Å². The maximum atomic E-state index is 10.9. The average molecular weight is 205 g/mol. The van der Waals surface area contributed by atoms with E-state index in [0.717, 1.165) is 24.5 Å². The molecule has 0 aliphatic rings. The van der Waals surface area contributed by atoms with Crippen molar-refractivity contribution in [3.05, 3.63) is 0 Å². The third kappa shape index (κ3) is 6.90. The average Bonchev–Trinajstić information content (AvgIpc) is 2.16. The fourth-order valence-corrected chi connectivity index (χ4v) is 1.53. The largest absolute Gasteiger partial charge is 0.468 e. The normalized spacial score (nSPS) is 12.5. The molecule has 0 aliphatic heterocycles. The summed E-state index contributed by atoms with van der Waals surface area (Å²) in [7, 11) is 1.41. The Bertz CT molecular complexity index is 142. The Kier molecular flexibility index (Phi) is 8.24. The lowest BCUT2D eigenvalue weighted by Crippen LogP contribution is -2.35. The molecule has 1 atom stereocenters. The molecule has 0 bridgehead atoms. The van der Waals surface area contributed by atoms with Crippen molar-refractivity contribution in [3.63, 3.8) is 0 Å². The summed E-state index contributed by atoms with van der Waals surface area (Å²) in [6.45, 7) is 4.84. The van der Waals surface area contributed by atoms with Gasteiger partial charge in [-0.3, -0.25) is 4.79 Å². The number of thioether (sulfide) groups is 1. The second-order valence-electron chi connectivity index (χ2n) is 2.75. The predicted molar refractivity (Wildman–Crippen MR) is 57.1 cm³/mol. The van der Waals surface area contributed by atoms with Gasteiger partial charge in [-0.05, 0) is 31.4 Å². The van der Waals surface area contributed by atoms with Crippen molar-refractivity contribution in [1.29, 1.82) is 0 Å². The first-order valence-electron chi connectivity index (χ1n) is 4.61. The van der Waals surface area contributed by atoms with Crippen molar-refractivity contribution < 1.29 is 9.53 Å².